The number of benzene rings is 1. The minimum Gasteiger partial charge on any atom is -0.469 e. The van der Waals surface area contributed by atoms with Crippen LogP contribution in [0.1, 0.15) is 23.6 Å². The number of nitrogens with zero attached hydrogens (tertiary/aromatic N) is 1. The topological polar surface area (TPSA) is 77.4 Å². The van der Waals surface area contributed by atoms with Crippen LogP contribution in [0.2, 0.25) is 0 Å². The van der Waals surface area contributed by atoms with Crippen LogP contribution in [0.15, 0.2) is 47.4 Å². The minimum absolute atomic E-state index is 0.286. The average Bonchev–Trinajstić information content (AvgIpc) is 2.62. The standard InChI is InChI=1S/C18H16F4N2O4/c1-28-16(26)9-14(11-4-6-12(19)7-5-11)23-15(25)10-24-8-2-3-13(17(24)27)18(20,21)22/h2-8,14H,9-10H2,1H3,(H,23,25). The number of pyridine rings is 1. The fourth-order valence-corrected chi connectivity index (χ4v) is 2.47. The molecule has 1 N–H and O–H groups in total. The van der Waals surface area contributed by atoms with Crippen LogP contribution in [0.3, 0.4) is 0 Å². The number of hydrogen-bond donors (Lipinski definition) is 1. The molecule has 1 amide bonds. The molecule has 2 aromatic rings. The van der Waals surface area contributed by atoms with E-state index in [1.165, 1.54) is 12.1 Å². The second kappa shape index (κ2) is 8.68. The number of halogens is 4. The summed E-state index contributed by atoms with van der Waals surface area (Å²) in [5, 5.41) is 2.45. The van der Waals surface area contributed by atoms with E-state index in [1.54, 1.807) is 0 Å². The highest BCUT2D eigenvalue weighted by Crippen LogP contribution is 2.26. The average molecular weight is 400 g/mol. The fourth-order valence-electron chi connectivity index (χ4n) is 2.47. The summed E-state index contributed by atoms with van der Waals surface area (Å²) in [6.07, 6.45) is -4.09. The Morgan fingerprint density at radius 3 is 2.39 bits per heavy atom. The molecule has 0 aliphatic rings. The van der Waals surface area contributed by atoms with Crippen molar-refractivity contribution in [1.82, 2.24) is 9.88 Å². The highest BCUT2D eigenvalue weighted by molar-refractivity contribution is 5.78. The Kier molecular flexibility index (Phi) is 6.55. The number of carbonyl (C=O) groups excluding carboxylic acids is 2. The van der Waals surface area contributed by atoms with Crippen LogP contribution in [0, 0.1) is 5.82 Å². The molecule has 0 radical (unpaired) electrons. The fraction of sp³-hybridized carbons (Fsp3) is 0.278. The molecule has 1 aromatic carbocycles. The van der Waals surface area contributed by atoms with Gasteiger partial charge in [0.05, 0.1) is 19.6 Å². The van der Waals surface area contributed by atoms with E-state index >= 15 is 0 Å². The Morgan fingerprint density at radius 2 is 1.82 bits per heavy atom. The lowest BCUT2D eigenvalue weighted by Gasteiger charge is -2.19. The second-order valence-corrected chi connectivity index (χ2v) is 5.80. The number of nitrogens with one attached hydrogen (secondary N) is 1. The van der Waals surface area contributed by atoms with Gasteiger partial charge in [0.2, 0.25) is 5.91 Å². The molecule has 0 saturated carbocycles. The summed E-state index contributed by atoms with van der Waals surface area (Å²) in [6.45, 7) is -0.693. The Morgan fingerprint density at radius 1 is 1.18 bits per heavy atom. The Balaban J connectivity index is 2.21. The molecule has 0 aliphatic carbocycles. The molecule has 1 unspecified atom stereocenters. The van der Waals surface area contributed by atoms with Gasteiger partial charge >= 0.3 is 12.1 Å². The van der Waals surface area contributed by atoms with Gasteiger partial charge in [0.15, 0.2) is 0 Å². The molecule has 10 heteroatoms. The summed E-state index contributed by atoms with van der Waals surface area (Å²) in [6, 6.07) is 5.66. The van der Waals surface area contributed by atoms with Gasteiger partial charge < -0.3 is 14.6 Å². The van der Waals surface area contributed by atoms with Crippen molar-refractivity contribution >= 4 is 11.9 Å². The lowest BCUT2D eigenvalue weighted by Crippen LogP contribution is -2.37. The molecule has 28 heavy (non-hydrogen) atoms. The van der Waals surface area contributed by atoms with E-state index in [4.69, 9.17) is 0 Å². The molecule has 1 aromatic heterocycles. The van der Waals surface area contributed by atoms with Gasteiger partial charge in [-0.1, -0.05) is 12.1 Å². The molecular formula is C18H16F4N2O4. The van der Waals surface area contributed by atoms with Gasteiger partial charge in [-0.25, -0.2) is 4.39 Å². The maximum absolute atomic E-state index is 13.1. The predicted octanol–water partition coefficient (Wildman–Crippen LogP) is 2.43. The molecule has 0 saturated heterocycles. The molecule has 2 rings (SSSR count). The number of ether oxygens (including phenoxy) is 1. The van der Waals surface area contributed by atoms with E-state index in [0.29, 0.717) is 16.2 Å². The Labute approximate surface area is 156 Å². The van der Waals surface area contributed by atoms with Crippen LogP contribution in [0.5, 0.6) is 0 Å². The third kappa shape index (κ3) is 5.41. The lowest BCUT2D eigenvalue weighted by atomic mass is 10.0. The summed E-state index contributed by atoms with van der Waals surface area (Å²) in [4.78, 5) is 35.8. The van der Waals surface area contributed by atoms with Gasteiger partial charge in [-0.3, -0.25) is 14.4 Å². The number of esters is 1. The first kappa shape index (κ1) is 21.1. The van der Waals surface area contributed by atoms with E-state index in [-0.39, 0.29) is 6.42 Å². The summed E-state index contributed by atoms with van der Waals surface area (Å²) >= 11 is 0. The number of rotatable bonds is 6. The monoisotopic (exact) mass is 400 g/mol. The largest absolute Gasteiger partial charge is 0.469 e. The quantitative estimate of drug-likeness (QED) is 0.597. The molecule has 0 spiro atoms. The van der Waals surface area contributed by atoms with Crippen LogP contribution in [-0.2, 0) is 27.0 Å². The molecule has 1 heterocycles. The summed E-state index contributed by atoms with van der Waals surface area (Å²) < 4.78 is 56.7. The van der Waals surface area contributed by atoms with Crippen molar-refractivity contribution in [2.75, 3.05) is 7.11 Å². The van der Waals surface area contributed by atoms with Crippen molar-refractivity contribution in [2.45, 2.75) is 25.2 Å². The summed E-state index contributed by atoms with van der Waals surface area (Å²) in [5.74, 6) is -1.99. The highest BCUT2D eigenvalue weighted by atomic mass is 19.4. The van der Waals surface area contributed by atoms with Gasteiger partial charge in [-0.15, -0.1) is 0 Å². The number of carbonyl (C=O) groups is 2. The Bertz CT molecular complexity index is 907. The van der Waals surface area contributed by atoms with Crippen LogP contribution in [0.25, 0.3) is 0 Å². The van der Waals surface area contributed by atoms with Crippen LogP contribution >= 0.6 is 0 Å². The van der Waals surface area contributed by atoms with Gasteiger partial charge in [0.1, 0.15) is 17.9 Å². The summed E-state index contributed by atoms with van der Waals surface area (Å²) in [5.41, 5.74) is -2.37. The number of alkyl halides is 3. The van der Waals surface area contributed by atoms with Gasteiger partial charge in [0.25, 0.3) is 5.56 Å². The normalized spacial score (nSPS) is 12.3. The SMILES string of the molecule is COC(=O)CC(NC(=O)Cn1cccc(C(F)(F)F)c1=O)c1ccc(F)cc1. The second-order valence-electron chi connectivity index (χ2n) is 5.80. The predicted molar refractivity (Wildman–Crippen MR) is 89.6 cm³/mol. The van der Waals surface area contributed by atoms with E-state index in [2.05, 4.69) is 10.1 Å². The first-order valence-electron chi connectivity index (χ1n) is 8.00. The molecule has 1 atom stereocenters. The zero-order valence-corrected chi connectivity index (χ0v) is 14.6. The number of methoxy groups -OCH3 is 1. The highest BCUT2D eigenvalue weighted by Gasteiger charge is 2.34. The third-order valence-corrected chi connectivity index (χ3v) is 3.85. The van der Waals surface area contributed by atoms with Crippen molar-refractivity contribution in [3.63, 3.8) is 0 Å². The third-order valence-electron chi connectivity index (χ3n) is 3.85. The number of amides is 1. The molecule has 0 aliphatic heterocycles. The van der Waals surface area contributed by atoms with Gasteiger partial charge in [-0.2, -0.15) is 13.2 Å². The number of aromatic nitrogens is 1. The lowest BCUT2D eigenvalue weighted by molar-refractivity contribution is -0.142. The van der Waals surface area contributed by atoms with Crippen molar-refractivity contribution in [2.24, 2.45) is 0 Å². The van der Waals surface area contributed by atoms with E-state index in [9.17, 15) is 31.9 Å². The molecule has 0 fully saturated rings. The maximum Gasteiger partial charge on any atom is 0.421 e. The molecule has 150 valence electrons. The molecular weight excluding hydrogens is 384 g/mol. The number of hydrogen-bond acceptors (Lipinski definition) is 4. The van der Waals surface area contributed by atoms with Crippen LogP contribution in [0.4, 0.5) is 17.6 Å². The first-order valence-corrected chi connectivity index (χ1v) is 8.00. The summed E-state index contributed by atoms with van der Waals surface area (Å²) in [7, 11) is 1.15. The van der Waals surface area contributed by atoms with E-state index in [0.717, 1.165) is 31.5 Å². The molecule has 0 bridgehead atoms. The van der Waals surface area contributed by atoms with Crippen molar-refractivity contribution in [3.05, 3.63) is 69.9 Å². The maximum atomic E-state index is 13.1. The minimum atomic E-state index is -4.85. The van der Waals surface area contributed by atoms with Crippen molar-refractivity contribution < 1.29 is 31.9 Å². The van der Waals surface area contributed by atoms with E-state index in [1.807, 2.05) is 0 Å². The molecule has 6 nitrogen and oxygen atoms in total. The van der Waals surface area contributed by atoms with Crippen molar-refractivity contribution in [1.29, 1.82) is 0 Å². The van der Waals surface area contributed by atoms with E-state index < -0.39 is 47.6 Å². The zero-order chi connectivity index (χ0) is 20.9. The van der Waals surface area contributed by atoms with Crippen LogP contribution < -0.4 is 10.9 Å². The Hall–Kier alpha value is -3.17. The van der Waals surface area contributed by atoms with Crippen LogP contribution in [-0.4, -0.2) is 23.6 Å². The van der Waals surface area contributed by atoms with Gasteiger partial charge in [-0.05, 0) is 29.8 Å². The van der Waals surface area contributed by atoms with Crippen molar-refractivity contribution in [3.8, 4) is 0 Å². The smallest absolute Gasteiger partial charge is 0.421 e. The first-order chi connectivity index (χ1) is 13.1. The van der Waals surface area contributed by atoms with Gasteiger partial charge in [0, 0.05) is 6.20 Å². The zero-order valence-electron chi connectivity index (χ0n) is 14.6.